The normalized spacial score (nSPS) is 17.2. The van der Waals surface area contributed by atoms with Gasteiger partial charge in [0, 0.05) is 34.0 Å². The average Bonchev–Trinajstić information content (AvgIpc) is 3.35. The maximum atomic E-state index is 13.1. The molecule has 0 saturated carbocycles. The zero-order valence-electron chi connectivity index (χ0n) is 20.0. The molecule has 1 saturated heterocycles. The molecule has 0 spiro atoms. The number of nitrogens with zero attached hydrogens (tertiary/aromatic N) is 3. The lowest BCUT2D eigenvalue weighted by atomic mass is 9.96. The third-order valence-electron chi connectivity index (χ3n) is 6.42. The molecule has 3 heterocycles. The van der Waals surface area contributed by atoms with Crippen LogP contribution in [0.3, 0.4) is 0 Å². The third-order valence-corrected chi connectivity index (χ3v) is 7.01. The molecular weight excluding hydrogens is 490 g/mol. The summed E-state index contributed by atoms with van der Waals surface area (Å²) in [5, 5.41) is 7.60. The van der Waals surface area contributed by atoms with Crippen molar-refractivity contribution >= 4 is 40.5 Å². The minimum Gasteiger partial charge on any atom is -0.352 e. The molecule has 2 atom stereocenters. The molecule has 1 aliphatic heterocycles. The van der Waals surface area contributed by atoms with Crippen LogP contribution < -0.4 is 10.6 Å². The van der Waals surface area contributed by atoms with Crippen molar-refractivity contribution in [2.75, 3.05) is 11.9 Å². The summed E-state index contributed by atoms with van der Waals surface area (Å²) in [5.41, 5.74) is 5.79. The fourth-order valence-corrected chi connectivity index (χ4v) is 5.38. The number of carbonyl (C=O) groups excluding carboxylic acids is 1. The molecule has 4 aromatic rings. The monoisotopic (exact) mass is 515 g/mol. The van der Waals surface area contributed by atoms with Gasteiger partial charge in [0.1, 0.15) is 6.54 Å². The second-order valence-corrected chi connectivity index (χ2v) is 9.63. The number of nitrogens with one attached hydrogen (secondary N) is 2. The van der Waals surface area contributed by atoms with Crippen LogP contribution in [0.1, 0.15) is 34.7 Å². The molecule has 0 bridgehead atoms. The van der Waals surface area contributed by atoms with Crippen molar-refractivity contribution < 1.29 is 4.79 Å². The number of hydrogen-bond acceptors (Lipinski definition) is 3. The Kier molecular flexibility index (Phi) is 6.76. The number of aromatic nitrogens is 2. The minimum absolute atomic E-state index is 0.107. The van der Waals surface area contributed by atoms with Crippen molar-refractivity contribution in [2.24, 2.45) is 0 Å². The van der Waals surface area contributed by atoms with E-state index < -0.39 is 0 Å². The summed E-state index contributed by atoms with van der Waals surface area (Å²) in [5.74, 6) is -0.138. The number of rotatable bonds is 6. The van der Waals surface area contributed by atoms with Gasteiger partial charge in [-0.1, -0.05) is 41.9 Å². The molecule has 0 aliphatic carbocycles. The smallest absolute Gasteiger partial charge is 0.244 e. The first-order valence-corrected chi connectivity index (χ1v) is 12.5. The maximum absolute atomic E-state index is 13.1. The van der Waals surface area contributed by atoms with Crippen molar-refractivity contribution in [1.29, 1.82) is 0 Å². The number of benzene rings is 2. The summed E-state index contributed by atoms with van der Waals surface area (Å²) < 4.78 is 2.18. The van der Waals surface area contributed by atoms with Crippen molar-refractivity contribution in [3.8, 4) is 5.69 Å². The first-order chi connectivity index (χ1) is 17.4. The molecule has 2 aromatic carbocycles. The number of thiocarbonyl (C=S) groups is 1. The lowest BCUT2D eigenvalue weighted by Gasteiger charge is -2.27. The number of aryl methyl sites for hydroxylation is 1. The Balaban J connectivity index is 1.54. The fraction of sp³-hybridized carbons (Fsp3) is 0.179. The van der Waals surface area contributed by atoms with Gasteiger partial charge in [-0.05, 0) is 80.2 Å². The van der Waals surface area contributed by atoms with Gasteiger partial charge in [0.25, 0.3) is 0 Å². The molecule has 1 aliphatic rings. The number of para-hydroxylation sites is 1. The predicted molar refractivity (Wildman–Crippen MR) is 147 cm³/mol. The summed E-state index contributed by atoms with van der Waals surface area (Å²) >= 11 is 12.1. The van der Waals surface area contributed by atoms with E-state index in [2.05, 4.69) is 40.1 Å². The van der Waals surface area contributed by atoms with E-state index in [-0.39, 0.29) is 24.5 Å². The Morgan fingerprint density at radius 3 is 2.56 bits per heavy atom. The Labute approximate surface area is 220 Å². The number of anilines is 1. The van der Waals surface area contributed by atoms with Gasteiger partial charge >= 0.3 is 0 Å². The fourth-order valence-electron chi connectivity index (χ4n) is 4.89. The van der Waals surface area contributed by atoms with Gasteiger partial charge in [-0.15, -0.1) is 0 Å². The molecule has 0 radical (unpaired) electrons. The molecule has 36 heavy (non-hydrogen) atoms. The lowest BCUT2D eigenvalue weighted by Crippen LogP contribution is -2.37. The van der Waals surface area contributed by atoms with Gasteiger partial charge in [-0.25, -0.2) is 0 Å². The molecular formula is C28H26ClN5OS. The molecule has 0 unspecified atom stereocenters. The standard InChI is InChI=1S/C28H26ClN5OS/c1-18-15-23(19(2)34(18)22-12-8-9-20(29)16-22)27-26(24-13-6-7-14-30-24)32-28(36)33(27)17-25(35)31-21-10-4-3-5-11-21/h3-16,26-27H,17H2,1-2H3,(H,31,35)(H,32,36)/t26-,27+/m1/s1. The van der Waals surface area contributed by atoms with Crippen molar-refractivity contribution in [3.63, 3.8) is 0 Å². The number of carbonyl (C=O) groups is 1. The number of pyridine rings is 1. The van der Waals surface area contributed by atoms with Crippen LogP contribution in [0, 0.1) is 13.8 Å². The largest absolute Gasteiger partial charge is 0.352 e. The molecule has 2 N–H and O–H groups in total. The quantitative estimate of drug-likeness (QED) is 0.320. The summed E-state index contributed by atoms with van der Waals surface area (Å²) in [6, 6.07) is 24.8. The summed E-state index contributed by atoms with van der Waals surface area (Å²) in [6.07, 6.45) is 1.77. The van der Waals surface area contributed by atoms with E-state index in [0.717, 1.165) is 34.0 Å². The summed E-state index contributed by atoms with van der Waals surface area (Å²) in [6.45, 7) is 4.26. The highest BCUT2D eigenvalue weighted by Crippen LogP contribution is 2.41. The highest BCUT2D eigenvalue weighted by molar-refractivity contribution is 7.80. The zero-order valence-corrected chi connectivity index (χ0v) is 21.6. The Morgan fingerprint density at radius 1 is 1.06 bits per heavy atom. The maximum Gasteiger partial charge on any atom is 0.244 e. The third kappa shape index (κ3) is 4.72. The second-order valence-electron chi connectivity index (χ2n) is 8.81. The molecule has 1 amide bonds. The van der Waals surface area contributed by atoms with E-state index in [1.165, 1.54) is 0 Å². The van der Waals surface area contributed by atoms with Crippen molar-refractivity contribution in [1.82, 2.24) is 19.8 Å². The average molecular weight is 516 g/mol. The summed E-state index contributed by atoms with van der Waals surface area (Å²) in [7, 11) is 0. The highest BCUT2D eigenvalue weighted by Gasteiger charge is 2.42. The van der Waals surface area contributed by atoms with Gasteiger partial charge in [-0.3, -0.25) is 9.78 Å². The minimum atomic E-state index is -0.229. The number of amides is 1. The van der Waals surface area contributed by atoms with Crippen LogP contribution in [0.4, 0.5) is 5.69 Å². The van der Waals surface area contributed by atoms with Crippen molar-refractivity contribution in [3.05, 3.63) is 113 Å². The number of halogens is 1. The van der Waals surface area contributed by atoms with Crippen molar-refractivity contribution in [2.45, 2.75) is 25.9 Å². The van der Waals surface area contributed by atoms with E-state index in [1.54, 1.807) is 6.20 Å². The Bertz CT molecular complexity index is 1410. The van der Waals surface area contributed by atoms with Crippen LogP contribution in [-0.4, -0.2) is 32.0 Å². The van der Waals surface area contributed by atoms with E-state index >= 15 is 0 Å². The molecule has 182 valence electrons. The van der Waals surface area contributed by atoms with E-state index in [1.807, 2.05) is 77.7 Å². The Hall–Kier alpha value is -3.68. The molecule has 8 heteroatoms. The van der Waals surface area contributed by atoms with Gasteiger partial charge in [0.05, 0.1) is 17.8 Å². The van der Waals surface area contributed by atoms with Gasteiger partial charge in [0.15, 0.2) is 5.11 Å². The van der Waals surface area contributed by atoms with E-state index in [4.69, 9.17) is 23.8 Å². The highest BCUT2D eigenvalue weighted by atomic mass is 35.5. The topological polar surface area (TPSA) is 62.2 Å². The van der Waals surface area contributed by atoms with E-state index in [0.29, 0.717) is 10.1 Å². The first kappa shape index (κ1) is 24.0. The summed E-state index contributed by atoms with van der Waals surface area (Å²) in [4.78, 5) is 19.6. The second kappa shape index (κ2) is 10.1. The lowest BCUT2D eigenvalue weighted by molar-refractivity contribution is -0.116. The zero-order chi connectivity index (χ0) is 25.2. The molecule has 2 aromatic heterocycles. The van der Waals surface area contributed by atoms with Gasteiger partial charge in [0.2, 0.25) is 5.91 Å². The van der Waals surface area contributed by atoms with Gasteiger partial charge in [-0.2, -0.15) is 0 Å². The SMILES string of the molecule is Cc1cc([C@H]2[C@@H](c3ccccn3)NC(=S)N2CC(=O)Nc2ccccc2)c(C)n1-c1cccc(Cl)c1. The number of hydrogen-bond donors (Lipinski definition) is 2. The molecule has 6 nitrogen and oxygen atoms in total. The van der Waals surface area contributed by atoms with Gasteiger partial charge < -0.3 is 20.1 Å². The van der Waals surface area contributed by atoms with Crippen LogP contribution in [0.25, 0.3) is 5.69 Å². The van der Waals surface area contributed by atoms with Crippen LogP contribution in [-0.2, 0) is 4.79 Å². The van der Waals surface area contributed by atoms with Crippen LogP contribution in [0.2, 0.25) is 5.02 Å². The molecule has 5 rings (SSSR count). The molecule has 1 fully saturated rings. The van der Waals surface area contributed by atoms with Crippen LogP contribution in [0.15, 0.2) is 85.1 Å². The van der Waals surface area contributed by atoms with Crippen LogP contribution >= 0.6 is 23.8 Å². The van der Waals surface area contributed by atoms with E-state index in [9.17, 15) is 4.79 Å². The predicted octanol–water partition coefficient (Wildman–Crippen LogP) is 5.75. The first-order valence-electron chi connectivity index (χ1n) is 11.7. The van der Waals surface area contributed by atoms with Crippen LogP contribution in [0.5, 0.6) is 0 Å². The Morgan fingerprint density at radius 2 is 1.83 bits per heavy atom.